The Morgan fingerprint density at radius 1 is 1.16 bits per heavy atom. The van der Waals surface area contributed by atoms with Crippen LogP contribution in [0, 0.1) is 6.92 Å². The molecule has 0 saturated carbocycles. The van der Waals surface area contributed by atoms with Crippen molar-refractivity contribution in [1.29, 1.82) is 0 Å². The van der Waals surface area contributed by atoms with Crippen LogP contribution in [0.1, 0.15) is 30.9 Å². The first-order chi connectivity index (χ1) is 8.99. The molecule has 3 heteroatoms. The van der Waals surface area contributed by atoms with Gasteiger partial charge >= 0.3 is 0 Å². The number of para-hydroxylation sites is 1. The molecule has 0 aromatic heterocycles. The van der Waals surface area contributed by atoms with Crippen molar-refractivity contribution >= 4 is 28.7 Å². The number of hydrogen-bond acceptors (Lipinski definition) is 2. The molecule has 19 heavy (non-hydrogen) atoms. The standard InChI is InChI=1S/C16H19ClN2/c1-10(2)13-6-4-5-11(3)16(13)19-15-8-7-12(17)9-14(15)18/h4-10,19H,18H2,1-3H3. The van der Waals surface area contributed by atoms with Crippen molar-refractivity contribution in [2.45, 2.75) is 26.7 Å². The van der Waals surface area contributed by atoms with Crippen molar-refractivity contribution in [1.82, 2.24) is 0 Å². The average Bonchev–Trinajstić information content (AvgIpc) is 2.34. The van der Waals surface area contributed by atoms with E-state index in [4.69, 9.17) is 17.3 Å². The smallest absolute Gasteiger partial charge is 0.0619 e. The summed E-state index contributed by atoms with van der Waals surface area (Å²) in [6.45, 7) is 6.47. The van der Waals surface area contributed by atoms with E-state index in [1.165, 1.54) is 11.1 Å². The number of rotatable bonds is 3. The van der Waals surface area contributed by atoms with Crippen LogP contribution in [0.4, 0.5) is 17.1 Å². The summed E-state index contributed by atoms with van der Waals surface area (Å²) in [6, 6.07) is 11.8. The monoisotopic (exact) mass is 274 g/mol. The van der Waals surface area contributed by atoms with Crippen LogP contribution in [-0.2, 0) is 0 Å². The average molecular weight is 275 g/mol. The molecule has 0 atom stereocenters. The predicted molar refractivity (Wildman–Crippen MR) is 84.4 cm³/mol. The fraction of sp³-hybridized carbons (Fsp3) is 0.250. The van der Waals surface area contributed by atoms with Gasteiger partial charge in [0.05, 0.1) is 11.4 Å². The third-order valence-electron chi connectivity index (χ3n) is 3.20. The largest absolute Gasteiger partial charge is 0.397 e. The van der Waals surface area contributed by atoms with E-state index in [0.717, 1.165) is 11.4 Å². The minimum Gasteiger partial charge on any atom is -0.397 e. The number of nitrogens with two attached hydrogens (primary N) is 1. The second kappa shape index (κ2) is 5.54. The minimum atomic E-state index is 0.455. The quantitative estimate of drug-likeness (QED) is 0.765. The Morgan fingerprint density at radius 2 is 1.89 bits per heavy atom. The zero-order valence-corrected chi connectivity index (χ0v) is 12.3. The number of benzene rings is 2. The van der Waals surface area contributed by atoms with Crippen LogP contribution in [0.25, 0.3) is 0 Å². The van der Waals surface area contributed by atoms with Crippen molar-refractivity contribution in [2.75, 3.05) is 11.1 Å². The topological polar surface area (TPSA) is 38.0 Å². The number of halogens is 1. The van der Waals surface area contributed by atoms with Gasteiger partial charge in [0.2, 0.25) is 0 Å². The van der Waals surface area contributed by atoms with Gasteiger partial charge in [0.25, 0.3) is 0 Å². The van der Waals surface area contributed by atoms with Crippen molar-refractivity contribution < 1.29 is 0 Å². The second-order valence-electron chi connectivity index (χ2n) is 5.05. The molecule has 0 aliphatic heterocycles. The van der Waals surface area contributed by atoms with Crippen LogP contribution in [-0.4, -0.2) is 0 Å². The van der Waals surface area contributed by atoms with Gasteiger partial charge < -0.3 is 11.1 Å². The summed E-state index contributed by atoms with van der Waals surface area (Å²) in [4.78, 5) is 0. The highest BCUT2D eigenvalue weighted by molar-refractivity contribution is 6.31. The molecule has 0 bridgehead atoms. The van der Waals surface area contributed by atoms with Gasteiger partial charge in [0.15, 0.2) is 0 Å². The van der Waals surface area contributed by atoms with E-state index in [9.17, 15) is 0 Å². The van der Waals surface area contributed by atoms with Gasteiger partial charge in [-0.05, 0) is 42.2 Å². The van der Waals surface area contributed by atoms with E-state index in [-0.39, 0.29) is 0 Å². The number of aryl methyl sites for hydroxylation is 1. The maximum Gasteiger partial charge on any atom is 0.0619 e. The van der Waals surface area contributed by atoms with Crippen LogP contribution in [0.15, 0.2) is 36.4 Å². The summed E-state index contributed by atoms with van der Waals surface area (Å²) in [6.07, 6.45) is 0. The summed E-state index contributed by atoms with van der Waals surface area (Å²) < 4.78 is 0. The molecule has 3 N–H and O–H groups in total. The summed E-state index contributed by atoms with van der Waals surface area (Å²) in [5, 5.41) is 4.08. The fourth-order valence-electron chi connectivity index (χ4n) is 2.12. The third-order valence-corrected chi connectivity index (χ3v) is 3.44. The van der Waals surface area contributed by atoms with Crippen molar-refractivity contribution in [3.63, 3.8) is 0 Å². The molecule has 0 spiro atoms. The molecule has 2 rings (SSSR count). The van der Waals surface area contributed by atoms with Crippen LogP contribution in [0.3, 0.4) is 0 Å². The van der Waals surface area contributed by atoms with Crippen LogP contribution in [0.5, 0.6) is 0 Å². The first kappa shape index (κ1) is 13.8. The van der Waals surface area contributed by atoms with E-state index in [1.54, 1.807) is 6.07 Å². The highest BCUT2D eigenvalue weighted by Gasteiger charge is 2.10. The van der Waals surface area contributed by atoms with E-state index in [2.05, 4.69) is 44.3 Å². The van der Waals surface area contributed by atoms with Crippen LogP contribution in [0.2, 0.25) is 5.02 Å². The molecule has 2 aromatic carbocycles. The lowest BCUT2D eigenvalue weighted by molar-refractivity contribution is 0.867. The van der Waals surface area contributed by atoms with Gasteiger partial charge in [-0.1, -0.05) is 43.6 Å². The predicted octanol–water partition coefficient (Wildman–Crippen LogP) is 5.10. The molecule has 2 aromatic rings. The molecular formula is C16H19ClN2. The molecule has 0 aliphatic rings. The maximum absolute atomic E-state index is 6.00. The van der Waals surface area contributed by atoms with Crippen molar-refractivity contribution in [2.24, 2.45) is 0 Å². The highest BCUT2D eigenvalue weighted by atomic mass is 35.5. The SMILES string of the molecule is Cc1cccc(C(C)C)c1Nc1ccc(Cl)cc1N. The van der Waals surface area contributed by atoms with Crippen molar-refractivity contribution in [3.05, 3.63) is 52.5 Å². The summed E-state index contributed by atoms with van der Waals surface area (Å²) in [5.41, 5.74) is 11.2. The lowest BCUT2D eigenvalue weighted by Crippen LogP contribution is -2.02. The Kier molecular flexibility index (Phi) is 4.01. The van der Waals surface area contributed by atoms with E-state index < -0.39 is 0 Å². The lowest BCUT2D eigenvalue weighted by Gasteiger charge is -2.18. The van der Waals surface area contributed by atoms with Gasteiger partial charge in [-0.25, -0.2) is 0 Å². The van der Waals surface area contributed by atoms with E-state index in [0.29, 0.717) is 16.6 Å². The summed E-state index contributed by atoms with van der Waals surface area (Å²) >= 11 is 5.93. The third kappa shape index (κ3) is 3.02. The Labute approximate surface area is 119 Å². The molecule has 0 saturated heterocycles. The molecule has 0 radical (unpaired) electrons. The summed E-state index contributed by atoms with van der Waals surface area (Å²) in [7, 11) is 0. The molecule has 0 aliphatic carbocycles. The molecule has 0 amide bonds. The summed E-state index contributed by atoms with van der Waals surface area (Å²) in [5.74, 6) is 0.455. The first-order valence-electron chi connectivity index (χ1n) is 6.40. The second-order valence-corrected chi connectivity index (χ2v) is 5.49. The van der Waals surface area contributed by atoms with Gasteiger partial charge in [0.1, 0.15) is 0 Å². The van der Waals surface area contributed by atoms with Crippen LogP contribution >= 0.6 is 11.6 Å². The lowest BCUT2D eigenvalue weighted by atomic mass is 9.98. The number of hydrogen-bond donors (Lipinski definition) is 2. The molecule has 0 unspecified atom stereocenters. The molecule has 0 fully saturated rings. The normalized spacial score (nSPS) is 10.8. The Balaban J connectivity index is 2.43. The molecule has 2 nitrogen and oxygen atoms in total. The molecule has 0 heterocycles. The van der Waals surface area contributed by atoms with Gasteiger partial charge in [0, 0.05) is 10.7 Å². The first-order valence-corrected chi connectivity index (χ1v) is 6.78. The Bertz CT molecular complexity index is 591. The highest BCUT2D eigenvalue weighted by Crippen LogP contribution is 2.32. The fourth-order valence-corrected chi connectivity index (χ4v) is 2.30. The minimum absolute atomic E-state index is 0.455. The van der Waals surface area contributed by atoms with Crippen molar-refractivity contribution in [3.8, 4) is 0 Å². The number of nitrogen functional groups attached to an aromatic ring is 1. The molecule has 100 valence electrons. The number of nitrogens with one attached hydrogen (secondary N) is 1. The van der Waals surface area contributed by atoms with Gasteiger partial charge in [-0.2, -0.15) is 0 Å². The Hall–Kier alpha value is -1.67. The van der Waals surface area contributed by atoms with Crippen LogP contribution < -0.4 is 11.1 Å². The number of anilines is 3. The Morgan fingerprint density at radius 3 is 2.53 bits per heavy atom. The van der Waals surface area contributed by atoms with E-state index >= 15 is 0 Å². The molecular weight excluding hydrogens is 256 g/mol. The van der Waals surface area contributed by atoms with Gasteiger partial charge in [-0.15, -0.1) is 0 Å². The van der Waals surface area contributed by atoms with Gasteiger partial charge in [-0.3, -0.25) is 0 Å². The maximum atomic E-state index is 6.00. The zero-order chi connectivity index (χ0) is 14.0. The van der Waals surface area contributed by atoms with E-state index in [1.807, 2.05) is 12.1 Å². The zero-order valence-electron chi connectivity index (χ0n) is 11.5.